The van der Waals surface area contributed by atoms with Gasteiger partial charge in [-0.2, -0.15) is 5.10 Å². The summed E-state index contributed by atoms with van der Waals surface area (Å²) in [6.45, 7) is 5.93. The first-order valence-corrected chi connectivity index (χ1v) is 4.18. The van der Waals surface area contributed by atoms with Crippen molar-refractivity contribution in [2.24, 2.45) is 11.8 Å². The molecule has 0 aromatic carbocycles. The van der Waals surface area contributed by atoms with Crippen LogP contribution in [0.2, 0.25) is 0 Å². The van der Waals surface area contributed by atoms with E-state index in [2.05, 4.69) is 24.4 Å². The lowest BCUT2D eigenvalue weighted by Gasteiger charge is -2.03. The second-order valence-electron chi connectivity index (χ2n) is 3.30. The zero-order valence-corrected chi connectivity index (χ0v) is 7.62. The number of nitrogens with zero attached hydrogens (tertiary/aromatic N) is 2. The van der Waals surface area contributed by atoms with Gasteiger partial charge in [-0.3, -0.25) is 16.0 Å². The maximum atomic E-state index is 5.17. The van der Waals surface area contributed by atoms with Crippen molar-refractivity contribution in [3.63, 3.8) is 0 Å². The first-order valence-electron chi connectivity index (χ1n) is 4.18. The number of aromatic nitrogens is 2. The van der Waals surface area contributed by atoms with Crippen LogP contribution in [0.25, 0.3) is 0 Å². The molecular weight excluding hydrogens is 152 g/mol. The molecule has 0 fully saturated rings. The van der Waals surface area contributed by atoms with E-state index in [1.54, 1.807) is 0 Å². The zero-order chi connectivity index (χ0) is 8.97. The predicted octanol–water partition coefficient (Wildman–Crippen LogP) is 0.502. The van der Waals surface area contributed by atoms with Gasteiger partial charge in [0.2, 0.25) is 0 Å². The van der Waals surface area contributed by atoms with Gasteiger partial charge in [-0.25, -0.2) is 0 Å². The van der Waals surface area contributed by atoms with Crippen molar-refractivity contribution in [2.75, 3.05) is 0 Å². The maximum absolute atomic E-state index is 5.17. The summed E-state index contributed by atoms with van der Waals surface area (Å²) in [7, 11) is 0. The van der Waals surface area contributed by atoms with E-state index in [4.69, 9.17) is 5.84 Å². The average Bonchev–Trinajstić information content (AvgIpc) is 2.36. The minimum absolute atomic E-state index is 0.628. The van der Waals surface area contributed by atoms with Crippen molar-refractivity contribution in [3.05, 3.63) is 18.0 Å². The van der Waals surface area contributed by atoms with E-state index >= 15 is 0 Å². The number of nitrogens with one attached hydrogen (secondary N) is 1. The number of nitrogens with two attached hydrogens (primary N) is 1. The Labute approximate surface area is 72.7 Å². The molecule has 0 atom stereocenters. The Kier molecular flexibility index (Phi) is 3.25. The van der Waals surface area contributed by atoms with E-state index < -0.39 is 0 Å². The highest BCUT2D eigenvalue weighted by molar-refractivity contribution is 4.97. The third-order valence-electron chi connectivity index (χ3n) is 1.53. The molecule has 1 heterocycles. The first-order chi connectivity index (χ1) is 5.72. The average molecular weight is 168 g/mol. The Balaban J connectivity index is 2.52. The van der Waals surface area contributed by atoms with Gasteiger partial charge in [0, 0.05) is 12.7 Å². The minimum atomic E-state index is 0.628. The van der Waals surface area contributed by atoms with Crippen molar-refractivity contribution in [1.29, 1.82) is 0 Å². The zero-order valence-electron chi connectivity index (χ0n) is 7.62. The largest absolute Gasteiger partial charge is 0.272 e. The SMILES string of the molecule is CC(C)Cn1ccc(CNN)n1. The highest BCUT2D eigenvalue weighted by Crippen LogP contribution is 1.99. The van der Waals surface area contributed by atoms with Gasteiger partial charge in [0.1, 0.15) is 0 Å². The Bertz CT molecular complexity index is 229. The van der Waals surface area contributed by atoms with Crippen molar-refractivity contribution in [2.45, 2.75) is 26.9 Å². The van der Waals surface area contributed by atoms with Crippen molar-refractivity contribution >= 4 is 0 Å². The Hall–Kier alpha value is -0.870. The van der Waals surface area contributed by atoms with Crippen molar-refractivity contribution in [1.82, 2.24) is 15.2 Å². The van der Waals surface area contributed by atoms with E-state index in [1.165, 1.54) is 0 Å². The highest BCUT2D eigenvalue weighted by Gasteiger charge is 1.99. The maximum Gasteiger partial charge on any atom is 0.0776 e. The van der Waals surface area contributed by atoms with Crippen LogP contribution in [0.5, 0.6) is 0 Å². The molecular formula is C8H16N4. The molecule has 4 heteroatoms. The second-order valence-corrected chi connectivity index (χ2v) is 3.30. The lowest BCUT2D eigenvalue weighted by Crippen LogP contribution is -2.21. The van der Waals surface area contributed by atoms with Crippen molar-refractivity contribution < 1.29 is 0 Å². The van der Waals surface area contributed by atoms with Crippen molar-refractivity contribution in [3.8, 4) is 0 Å². The molecule has 0 saturated heterocycles. The predicted molar refractivity (Wildman–Crippen MR) is 48.1 cm³/mol. The Morgan fingerprint density at radius 3 is 3.00 bits per heavy atom. The minimum Gasteiger partial charge on any atom is -0.272 e. The van der Waals surface area contributed by atoms with E-state index in [0.29, 0.717) is 12.5 Å². The lowest BCUT2D eigenvalue weighted by atomic mass is 10.2. The summed E-state index contributed by atoms with van der Waals surface area (Å²) < 4.78 is 1.94. The number of hydrogen-bond acceptors (Lipinski definition) is 3. The number of hydrazine groups is 1. The molecule has 4 nitrogen and oxygen atoms in total. The molecule has 0 saturated carbocycles. The molecule has 0 bridgehead atoms. The molecule has 0 aliphatic heterocycles. The molecule has 3 N–H and O–H groups in total. The van der Waals surface area contributed by atoms with Crippen LogP contribution in [-0.4, -0.2) is 9.78 Å². The van der Waals surface area contributed by atoms with E-state index in [1.807, 2.05) is 16.9 Å². The molecule has 1 aromatic rings. The van der Waals surface area contributed by atoms with E-state index in [-0.39, 0.29) is 0 Å². The van der Waals surface area contributed by atoms with Crippen LogP contribution in [-0.2, 0) is 13.1 Å². The smallest absolute Gasteiger partial charge is 0.0776 e. The standard InChI is InChI=1S/C8H16N4/c1-7(2)6-12-4-3-8(11-12)5-10-9/h3-4,7,10H,5-6,9H2,1-2H3. The van der Waals surface area contributed by atoms with Crippen LogP contribution in [0.1, 0.15) is 19.5 Å². The molecule has 68 valence electrons. The fourth-order valence-electron chi connectivity index (χ4n) is 1.08. The first kappa shape index (κ1) is 9.22. The summed E-state index contributed by atoms with van der Waals surface area (Å²) in [4.78, 5) is 0. The van der Waals surface area contributed by atoms with Crippen LogP contribution in [0.3, 0.4) is 0 Å². The summed E-state index contributed by atoms with van der Waals surface area (Å²) in [5.74, 6) is 5.80. The Morgan fingerprint density at radius 1 is 1.67 bits per heavy atom. The second kappa shape index (κ2) is 4.23. The molecule has 0 spiro atoms. The molecule has 0 radical (unpaired) electrons. The van der Waals surface area contributed by atoms with Crippen LogP contribution in [0, 0.1) is 5.92 Å². The summed E-state index contributed by atoms with van der Waals surface area (Å²) >= 11 is 0. The number of rotatable bonds is 4. The van der Waals surface area contributed by atoms with Gasteiger partial charge in [0.05, 0.1) is 12.2 Å². The van der Waals surface area contributed by atoms with Crippen LogP contribution in [0.15, 0.2) is 12.3 Å². The third kappa shape index (κ3) is 2.64. The molecule has 0 unspecified atom stereocenters. The fourth-order valence-corrected chi connectivity index (χ4v) is 1.08. The van der Waals surface area contributed by atoms with Gasteiger partial charge in [0.15, 0.2) is 0 Å². The normalized spacial score (nSPS) is 11.0. The van der Waals surface area contributed by atoms with Gasteiger partial charge in [-0.1, -0.05) is 13.8 Å². The van der Waals surface area contributed by atoms with E-state index in [0.717, 1.165) is 12.2 Å². The lowest BCUT2D eigenvalue weighted by molar-refractivity contribution is 0.478. The van der Waals surface area contributed by atoms with Gasteiger partial charge in [-0.15, -0.1) is 0 Å². The topological polar surface area (TPSA) is 55.9 Å². The van der Waals surface area contributed by atoms with Crippen LogP contribution >= 0.6 is 0 Å². The molecule has 1 rings (SSSR count). The summed E-state index contributed by atoms with van der Waals surface area (Å²) in [6.07, 6.45) is 1.98. The summed E-state index contributed by atoms with van der Waals surface area (Å²) in [6, 6.07) is 1.97. The van der Waals surface area contributed by atoms with Crippen LogP contribution < -0.4 is 11.3 Å². The monoisotopic (exact) mass is 168 g/mol. The quantitative estimate of drug-likeness (QED) is 0.508. The van der Waals surface area contributed by atoms with Gasteiger partial charge >= 0.3 is 0 Å². The van der Waals surface area contributed by atoms with Crippen LogP contribution in [0.4, 0.5) is 0 Å². The summed E-state index contributed by atoms with van der Waals surface area (Å²) in [5.41, 5.74) is 3.56. The third-order valence-corrected chi connectivity index (χ3v) is 1.53. The molecule has 0 amide bonds. The number of hydrogen-bond donors (Lipinski definition) is 2. The Morgan fingerprint density at radius 2 is 2.42 bits per heavy atom. The molecule has 1 aromatic heterocycles. The highest BCUT2D eigenvalue weighted by atomic mass is 15.3. The molecule has 0 aliphatic rings. The van der Waals surface area contributed by atoms with E-state index in [9.17, 15) is 0 Å². The summed E-state index contributed by atoms with van der Waals surface area (Å²) in [5, 5.41) is 4.31. The van der Waals surface area contributed by atoms with Gasteiger partial charge in [0.25, 0.3) is 0 Å². The van der Waals surface area contributed by atoms with Gasteiger partial charge < -0.3 is 0 Å². The molecule has 12 heavy (non-hydrogen) atoms. The molecule has 0 aliphatic carbocycles. The van der Waals surface area contributed by atoms with Gasteiger partial charge in [-0.05, 0) is 12.0 Å². The fraction of sp³-hybridized carbons (Fsp3) is 0.625.